The molecule has 21 heavy (non-hydrogen) atoms. The molecule has 0 aliphatic carbocycles. The van der Waals surface area contributed by atoms with Crippen molar-refractivity contribution in [1.82, 2.24) is 0 Å². The highest BCUT2D eigenvalue weighted by Gasteiger charge is 2.02. The summed E-state index contributed by atoms with van der Waals surface area (Å²) >= 11 is 0. The van der Waals surface area contributed by atoms with Gasteiger partial charge in [-0.25, -0.2) is 0 Å². The zero-order valence-corrected chi connectivity index (χ0v) is 12.1. The highest BCUT2D eigenvalue weighted by atomic mass is 16.1. The largest absolute Gasteiger partial charge is 0.322 e. The SMILES string of the molecule is CC(=O)c1cccc(NC(=O)C=Cc2ccc(C)cc2)c1. The fourth-order valence-corrected chi connectivity index (χ4v) is 1.85. The molecule has 2 rings (SSSR count). The van der Waals surface area contributed by atoms with E-state index >= 15 is 0 Å². The van der Waals surface area contributed by atoms with Crippen LogP contribution in [0.2, 0.25) is 0 Å². The van der Waals surface area contributed by atoms with Crippen molar-refractivity contribution in [2.24, 2.45) is 0 Å². The highest BCUT2D eigenvalue weighted by molar-refractivity contribution is 6.03. The number of carbonyl (C=O) groups excluding carboxylic acids is 2. The Balaban J connectivity index is 2.03. The molecule has 0 aliphatic rings. The maximum absolute atomic E-state index is 11.9. The summed E-state index contributed by atoms with van der Waals surface area (Å²) in [4.78, 5) is 23.1. The molecule has 3 nitrogen and oxygen atoms in total. The minimum Gasteiger partial charge on any atom is -0.322 e. The third kappa shape index (κ3) is 4.42. The predicted molar refractivity (Wildman–Crippen MR) is 85.3 cm³/mol. The van der Waals surface area contributed by atoms with Crippen LogP contribution in [0.5, 0.6) is 0 Å². The van der Waals surface area contributed by atoms with Crippen molar-refractivity contribution in [2.75, 3.05) is 5.32 Å². The van der Waals surface area contributed by atoms with Crippen molar-refractivity contribution in [3.8, 4) is 0 Å². The molecular formula is C18H17NO2. The Kier molecular flexibility index (Phi) is 4.67. The number of anilines is 1. The molecular weight excluding hydrogens is 262 g/mol. The maximum atomic E-state index is 11.9. The lowest BCUT2D eigenvalue weighted by Crippen LogP contribution is -2.08. The molecule has 0 heterocycles. The Morgan fingerprint density at radius 1 is 1.05 bits per heavy atom. The molecule has 0 saturated heterocycles. The Labute approximate surface area is 124 Å². The van der Waals surface area contributed by atoms with E-state index in [4.69, 9.17) is 0 Å². The maximum Gasteiger partial charge on any atom is 0.248 e. The molecule has 106 valence electrons. The first-order valence-electron chi connectivity index (χ1n) is 6.71. The molecule has 1 N–H and O–H groups in total. The van der Waals surface area contributed by atoms with E-state index in [1.807, 2.05) is 31.2 Å². The lowest BCUT2D eigenvalue weighted by Gasteiger charge is -2.03. The van der Waals surface area contributed by atoms with Crippen LogP contribution in [-0.4, -0.2) is 11.7 Å². The summed E-state index contributed by atoms with van der Waals surface area (Å²) in [6.07, 6.45) is 3.23. The van der Waals surface area contributed by atoms with Crippen LogP contribution in [0.3, 0.4) is 0 Å². The Bertz CT molecular complexity index is 685. The van der Waals surface area contributed by atoms with E-state index in [1.165, 1.54) is 18.6 Å². The van der Waals surface area contributed by atoms with Crippen LogP contribution >= 0.6 is 0 Å². The first-order chi connectivity index (χ1) is 10.0. The van der Waals surface area contributed by atoms with Gasteiger partial charge in [-0.3, -0.25) is 9.59 Å². The number of hydrogen-bond donors (Lipinski definition) is 1. The fourth-order valence-electron chi connectivity index (χ4n) is 1.85. The second kappa shape index (κ2) is 6.66. The van der Waals surface area contributed by atoms with Crippen LogP contribution in [0.4, 0.5) is 5.69 Å². The summed E-state index contributed by atoms with van der Waals surface area (Å²) in [6, 6.07) is 14.8. The van der Waals surface area contributed by atoms with Gasteiger partial charge in [0, 0.05) is 17.3 Å². The van der Waals surface area contributed by atoms with Gasteiger partial charge >= 0.3 is 0 Å². The number of ketones is 1. The van der Waals surface area contributed by atoms with Gasteiger partial charge in [-0.1, -0.05) is 42.0 Å². The third-order valence-corrected chi connectivity index (χ3v) is 3.04. The normalized spacial score (nSPS) is 10.6. The van der Waals surface area contributed by atoms with Gasteiger partial charge in [0.05, 0.1) is 0 Å². The number of hydrogen-bond acceptors (Lipinski definition) is 2. The van der Waals surface area contributed by atoms with Gasteiger partial charge in [-0.15, -0.1) is 0 Å². The minimum atomic E-state index is -0.226. The average Bonchev–Trinajstić information content (AvgIpc) is 2.47. The van der Waals surface area contributed by atoms with Crippen LogP contribution in [0.25, 0.3) is 6.08 Å². The number of aryl methyl sites for hydroxylation is 1. The summed E-state index contributed by atoms with van der Waals surface area (Å²) < 4.78 is 0. The van der Waals surface area contributed by atoms with E-state index in [0.29, 0.717) is 11.3 Å². The molecule has 0 unspecified atom stereocenters. The van der Waals surface area contributed by atoms with Gasteiger partial charge in [0.25, 0.3) is 0 Å². The minimum absolute atomic E-state index is 0.0266. The van der Waals surface area contributed by atoms with Gasteiger partial charge in [-0.2, -0.15) is 0 Å². The summed E-state index contributed by atoms with van der Waals surface area (Å²) in [5.74, 6) is -0.252. The lowest BCUT2D eigenvalue weighted by atomic mass is 10.1. The monoisotopic (exact) mass is 279 g/mol. The number of Topliss-reactive ketones (excluding diaryl/α,β-unsaturated/α-hetero) is 1. The molecule has 0 fully saturated rings. The first kappa shape index (κ1) is 14.7. The molecule has 1 amide bonds. The first-order valence-corrected chi connectivity index (χ1v) is 6.71. The molecule has 0 atom stereocenters. The van der Waals surface area contributed by atoms with E-state index in [9.17, 15) is 9.59 Å². The topological polar surface area (TPSA) is 46.2 Å². The van der Waals surface area contributed by atoms with Crippen LogP contribution in [0.15, 0.2) is 54.6 Å². The van der Waals surface area contributed by atoms with Crippen LogP contribution in [-0.2, 0) is 4.79 Å². The summed E-state index contributed by atoms with van der Waals surface area (Å²) in [6.45, 7) is 3.51. The molecule has 2 aromatic rings. The van der Waals surface area contributed by atoms with Gasteiger partial charge in [-0.05, 0) is 37.6 Å². The zero-order chi connectivity index (χ0) is 15.2. The summed E-state index contributed by atoms with van der Waals surface area (Å²) in [7, 11) is 0. The van der Waals surface area contributed by atoms with Gasteiger partial charge in [0.15, 0.2) is 5.78 Å². The second-order valence-corrected chi connectivity index (χ2v) is 4.87. The number of carbonyl (C=O) groups is 2. The number of rotatable bonds is 4. The summed E-state index contributed by atoms with van der Waals surface area (Å²) in [5, 5.41) is 2.74. The third-order valence-electron chi connectivity index (χ3n) is 3.04. The standard InChI is InChI=1S/C18H17NO2/c1-13-6-8-15(9-7-13)10-11-18(21)19-17-5-3-4-16(12-17)14(2)20/h3-12H,1-2H3,(H,19,21). The van der Waals surface area contributed by atoms with Crippen molar-refractivity contribution in [1.29, 1.82) is 0 Å². The van der Waals surface area contributed by atoms with E-state index in [-0.39, 0.29) is 11.7 Å². The smallest absolute Gasteiger partial charge is 0.248 e. The van der Waals surface area contributed by atoms with Crippen molar-refractivity contribution in [3.05, 3.63) is 71.3 Å². The number of amides is 1. The van der Waals surface area contributed by atoms with Crippen molar-refractivity contribution in [3.63, 3.8) is 0 Å². The van der Waals surface area contributed by atoms with Crippen LogP contribution < -0.4 is 5.32 Å². The van der Waals surface area contributed by atoms with Crippen molar-refractivity contribution in [2.45, 2.75) is 13.8 Å². The zero-order valence-electron chi connectivity index (χ0n) is 12.1. The van der Waals surface area contributed by atoms with E-state index in [2.05, 4.69) is 5.32 Å². The molecule has 0 aromatic heterocycles. The Morgan fingerprint density at radius 2 is 1.76 bits per heavy atom. The molecule has 0 aliphatic heterocycles. The quantitative estimate of drug-likeness (QED) is 0.682. The Morgan fingerprint density at radius 3 is 2.43 bits per heavy atom. The van der Waals surface area contributed by atoms with E-state index in [1.54, 1.807) is 30.3 Å². The average molecular weight is 279 g/mol. The van der Waals surface area contributed by atoms with E-state index in [0.717, 1.165) is 5.56 Å². The van der Waals surface area contributed by atoms with Crippen molar-refractivity contribution >= 4 is 23.5 Å². The van der Waals surface area contributed by atoms with E-state index < -0.39 is 0 Å². The number of nitrogens with one attached hydrogen (secondary N) is 1. The Hall–Kier alpha value is -2.68. The molecule has 0 bridgehead atoms. The fraction of sp³-hybridized carbons (Fsp3) is 0.111. The van der Waals surface area contributed by atoms with Gasteiger partial charge < -0.3 is 5.32 Å². The molecule has 0 saturated carbocycles. The lowest BCUT2D eigenvalue weighted by molar-refractivity contribution is -0.111. The van der Waals surface area contributed by atoms with Crippen LogP contribution in [0.1, 0.15) is 28.4 Å². The molecule has 3 heteroatoms. The van der Waals surface area contributed by atoms with Gasteiger partial charge in [0.2, 0.25) is 5.91 Å². The molecule has 0 radical (unpaired) electrons. The highest BCUT2D eigenvalue weighted by Crippen LogP contribution is 2.11. The van der Waals surface area contributed by atoms with Crippen molar-refractivity contribution < 1.29 is 9.59 Å². The van der Waals surface area contributed by atoms with Gasteiger partial charge in [0.1, 0.15) is 0 Å². The second-order valence-electron chi connectivity index (χ2n) is 4.87. The number of benzene rings is 2. The molecule has 0 spiro atoms. The predicted octanol–water partition coefficient (Wildman–Crippen LogP) is 3.85. The molecule has 2 aromatic carbocycles. The van der Waals surface area contributed by atoms with Crippen LogP contribution in [0, 0.1) is 6.92 Å². The summed E-state index contributed by atoms with van der Waals surface area (Å²) in [5.41, 5.74) is 3.34.